The number of fused-ring (bicyclic) bond motifs is 1. The molecule has 3 heterocycles. The predicted molar refractivity (Wildman–Crippen MR) is 174 cm³/mol. The Morgan fingerprint density at radius 3 is 2.60 bits per heavy atom. The van der Waals surface area contributed by atoms with Crippen molar-refractivity contribution in [2.75, 3.05) is 23.7 Å². The zero-order valence-electron chi connectivity index (χ0n) is 26.5. The SMILES string of the molecule is Cc1ccc2c(NC(=O)C3(C)CC3)cccc2c1Oc1ncccc1-c1ccnc(N[C@H]2CCCN(C(=O)OC(C)(C)C)C2)n1. The molecule has 1 aliphatic heterocycles. The van der Waals surface area contributed by atoms with Crippen LogP contribution in [-0.2, 0) is 9.53 Å². The van der Waals surface area contributed by atoms with Crippen molar-refractivity contribution in [1.82, 2.24) is 19.9 Å². The van der Waals surface area contributed by atoms with Gasteiger partial charge in [0.1, 0.15) is 11.4 Å². The van der Waals surface area contributed by atoms with Gasteiger partial charge in [-0.15, -0.1) is 0 Å². The second kappa shape index (κ2) is 12.0. The van der Waals surface area contributed by atoms with Crippen LogP contribution in [0.5, 0.6) is 11.6 Å². The largest absolute Gasteiger partial charge is 0.444 e. The first-order chi connectivity index (χ1) is 21.5. The van der Waals surface area contributed by atoms with Crippen LogP contribution < -0.4 is 15.4 Å². The van der Waals surface area contributed by atoms with Crippen molar-refractivity contribution in [3.8, 4) is 22.9 Å². The molecule has 1 saturated heterocycles. The first-order valence-corrected chi connectivity index (χ1v) is 15.5. The lowest BCUT2D eigenvalue weighted by molar-refractivity contribution is -0.120. The number of carbonyl (C=O) groups excluding carboxylic acids is 2. The van der Waals surface area contributed by atoms with Crippen LogP contribution in [0.3, 0.4) is 0 Å². The lowest BCUT2D eigenvalue weighted by Crippen LogP contribution is -2.47. The second-order valence-electron chi connectivity index (χ2n) is 13.3. The second-order valence-corrected chi connectivity index (χ2v) is 13.3. The number of nitrogens with zero attached hydrogens (tertiary/aromatic N) is 4. The lowest BCUT2D eigenvalue weighted by atomic mass is 10.0. The van der Waals surface area contributed by atoms with E-state index < -0.39 is 5.60 Å². The van der Waals surface area contributed by atoms with E-state index in [1.165, 1.54) is 0 Å². The number of carbonyl (C=O) groups is 2. The van der Waals surface area contributed by atoms with Gasteiger partial charge in [-0.3, -0.25) is 4.79 Å². The van der Waals surface area contributed by atoms with E-state index in [0.717, 1.165) is 47.7 Å². The molecule has 2 aromatic carbocycles. The Morgan fingerprint density at radius 2 is 1.82 bits per heavy atom. The average molecular weight is 609 g/mol. The van der Waals surface area contributed by atoms with Crippen molar-refractivity contribution in [3.05, 3.63) is 66.5 Å². The molecule has 234 valence electrons. The number of rotatable bonds is 7. The summed E-state index contributed by atoms with van der Waals surface area (Å²) in [5.41, 5.74) is 2.23. The Kier molecular flexibility index (Phi) is 8.07. The molecular formula is C35H40N6O4. The third-order valence-corrected chi connectivity index (χ3v) is 8.31. The highest BCUT2D eigenvalue weighted by Crippen LogP contribution is 2.46. The monoisotopic (exact) mass is 608 g/mol. The van der Waals surface area contributed by atoms with E-state index in [2.05, 4.69) is 20.6 Å². The molecule has 2 aliphatic rings. The smallest absolute Gasteiger partial charge is 0.410 e. The third-order valence-electron chi connectivity index (χ3n) is 8.31. The van der Waals surface area contributed by atoms with Gasteiger partial charge in [0.05, 0.1) is 11.3 Å². The van der Waals surface area contributed by atoms with Crippen molar-refractivity contribution in [2.24, 2.45) is 5.41 Å². The number of likely N-dealkylation sites (tertiary alicyclic amines) is 1. The van der Waals surface area contributed by atoms with Crippen LogP contribution in [0.15, 0.2) is 60.9 Å². The highest BCUT2D eigenvalue weighted by Gasteiger charge is 2.45. The standard InChI is InChI=1S/C35H40N6O4/c1-22-13-14-24-25(10-6-12-27(24)39-31(42)35(5)16-17-35)29(22)44-30-26(11-7-18-36-30)28-15-19-37-32(40-28)38-23-9-8-20-41(21-23)33(43)45-34(2,3)4/h6-7,10-15,18-19,23H,8-9,16-17,20-21H2,1-5H3,(H,39,42)(H,37,38,40)/t23-/m0/s1. The molecule has 10 heteroatoms. The number of hydrogen-bond donors (Lipinski definition) is 2. The van der Waals surface area contributed by atoms with E-state index in [1.807, 2.05) is 83.1 Å². The van der Waals surface area contributed by atoms with Crippen molar-refractivity contribution in [3.63, 3.8) is 0 Å². The van der Waals surface area contributed by atoms with Gasteiger partial charge in [0.25, 0.3) is 0 Å². The Balaban J connectivity index is 1.23. The molecule has 2 N–H and O–H groups in total. The zero-order valence-corrected chi connectivity index (χ0v) is 26.5. The van der Waals surface area contributed by atoms with Crippen LogP contribution in [0.4, 0.5) is 16.4 Å². The molecule has 4 aromatic rings. The topological polar surface area (TPSA) is 119 Å². The molecule has 0 spiro atoms. The zero-order chi connectivity index (χ0) is 31.8. The summed E-state index contributed by atoms with van der Waals surface area (Å²) < 4.78 is 12.1. The van der Waals surface area contributed by atoms with Crippen LogP contribution in [-0.4, -0.2) is 56.6 Å². The van der Waals surface area contributed by atoms with Crippen LogP contribution in [0.2, 0.25) is 0 Å². The highest BCUT2D eigenvalue weighted by molar-refractivity contribution is 6.06. The van der Waals surface area contributed by atoms with E-state index in [-0.39, 0.29) is 23.5 Å². The molecule has 0 bridgehead atoms. The summed E-state index contributed by atoms with van der Waals surface area (Å²) in [6.45, 7) is 10.8. The van der Waals surface area contributed by atoms with Crippen LogP contribution in [0, 0.1) is 12.3 Å². The van der Waals surface area contributed by atoms with Gasteiger partial charge in [0.2, 0.25) is 17.7 Å². The normalized spacial score (nSPS) is 17.4. The molecule has 1 atom stereocenters. The van der Waals surface area contributed by atoms with Crippen molar-refractivity contribution in [2.45, 2.75) is 71.9 Å². The molecule has 0 unspecified atom stereocenters. The van der Waals surface area contributed by atoms with Gasteiger partial charge in [0, 0.05) is 53.4 Å². The van der Waals surface area contributed by atoms with Gasteiger partial charge in [-0.2, -0.15) is 0 Å². The number of amides is 2. The molecule has 45 heavy (non-hydrogen) atoms. The fraction of sp³-hybridized carbons (Fsp3) is 0.400. The van der Waals surface area contributed by atoms with E-state index >= 15 is 0 Å². The summed E-state index contributed by atoms with van der Waals surface area (Å²) in [6.07, 6.45) is 6.64. The quantitative estimate of drug-likeness (QED) is 0.224. The van der Waals surface area contributed by atoms with Crippen molar-refractivity contribution < 1.29 is 19.1 Å². The van der Waals surface area contributed by atoms with Gasteiger partial charge >= 0.3 is 6.09 Å². The van der Waals surface area contributed by atoms with Gasteiger partial charge < -0.3 is 25.0 Å². The molecule has 10 nitrogen and oxygen atoms in total. The summed E-state index contributed by atoms with van der Waals surface area (Å²) in [5, 5.41) is 8.32. The number of benzene rings is 2. The van der Waals surface area contributed by atoms with Crippen molar-refractivity contribution in [1.29, 1.82) is 0 Å². The van der Waals surface area contributed by atoms with Crippen molar-refractivity contribution >= 4 is 34.4 Å². The third kappa shape index (κ3) is 6.84. The van der Waals surface area contributed by atoms with Crippen LogP contribution in [0.1, 0.15) is 58.9 Å². The summed E-state index contributed by atoms with van der Waals surface area (Å²) in [5.74, 6) is 1.58. The fourth-order valence-electron chi connectivity index (χ4n) is 5.48. The minimum atomic E-state index is -0.546. The Bertz CT molecular complexity index is 1750. The Morgan fingerprint density at radius 1 is 1.00 bits per heavy atom. The number of ether oxygens (including phenoxy) is 2. The molecular weight excluding hydrogens is 568 g/mol. The molecule has 2 aromatic heterocycles. The minimum absolute atomic E-state index is 0.0124. The lowest BCUT2D eigenvalue weighted by Gasteiger charge is -2.34. The highest BCUT2D eigenvalue weighted by atomic mass is 16.6. The van der Waals surface area contributed by atoms with E-state index in [4.69, 9.17) is 14.5 Å². The van der Waals surface area contributed by atoms with Crippen LogP contribution >= 0.6 is 0 Å². The van der Waals surface area contributed by atoms with E-state index in [0.29, 0.717) is 41.9 Å². The average Bonchev–Trinajstić information content (AvgIpc) is 3.77. The number of nitrogens with one attached hydrogen (secondary N) is 2. The predicted octanol–water partition coefficient (Wildman–Crippen LogP) is 7.34. The maximum atomic E-state index is 12.8. The van der Waals surface area contributed by atoms with E-state index in [1.54, 1.807) is 17.3 Å². The Hall–Kier alpha value is -4.73. The number of hydrogen-bond acceptors (Lipinski definition) is 8. The van der Waals surface area contributed by atoms with Gasteiger partial charge in [0.15, 0.2) is 0 Å². The Labute approximate surface area is 263 Å². The number of piperidine rings is 1. The first-order valence-electron chi connectivity index (χ1n) is 15.5. The number of anilines is 2. The summed E-state index contributed by atoms with van der Waals surface area (Å²) in [4.78, 5) is 41.1. The van der Waals surface area contributed by atoms with Gasteiger partial charge in [-0.25, -0.2) is 19.7 Å². The van der Waals surface area contributed by atoms with Gasteiger partial charge in [-0.1, -0.05) is 31.2 Å². The maximum Gasteiger partial charge on any atom is 0.410 e. The van der Waals surface area contributed by atoms with E-state index in [9.17, 15) is 9.59 Å². The van der Waals surface area contributed by atoms with Crippen LogP contribution in [0.25, 0.3) is 22.0 Å². The molecule has 6 rings (SSSR count). The summed E-state index contributed by atoms with van der Waals surface area (Å²) in [7, 11) is 0. The number of aromatic nitrogens is 3. The maximum absolute atomic E-state index is 12.8. The number of pyridine rings is 1. The summed E-state index contributed by atoms with van der Waals surface area (Å²) in [6, 6.07) is 15.4. The molecule has 0 radical (unpaired) electrons. The first kappa shape index (κ1) is 30.3. The molecule has 1 aliphatic carbocycles. The van der Waals surface area contributed by atoms with Gasteiger partial charge in [-0.05, 0) is 83.2 Å². The molecule has 1 saturated carbocycles. The molecule has 2 fully saturated rings. The molecule has 2 amide bonds. The minimum Gasteiger partial charge on any atom is -0.444 e. The fourth-order valence-corrected chi connectivity index (χ4v) is 5.48. The number of aryl methyl sites for hydroxylation is 1. The summed E-state index contributed by atoms with van der Waals surface area (Å²) >= 11 is 0.